The van der Waals surface area contributed by atoms with Gasteiger partial charge in [-0.2, -0.15) is 13.2 Å². The number of aromatic nitrogens is 3. The second-order valence-corrected chi connectivity index (χ2v) is 4.52. The molecule has 108 valence electrons. The molecule has 1 heterocycles. The summed E-state index contributed by atoms with van der Waals surface area (Å²) in [4.78, 5) is 0. The van der Waals surface area contributed by atoms with Gasteiger partial charge in [-0.25, -0.2) is 0 Å². The number of halogens is 3. The Morgan fingerprint density at radius 2 is 1.95 bits per heavy atom. The number of nitrogens with zero attached hydrogens (tertiary/aromatic N) is 3. The van der Waals surface area contributed by atoms with Crippen molar-refractivity contribution >= 4 is 5.69 Å². The highest BCUT2D eigenvalue weighted by molar-refractivity contribution is 5.72. The van der Waals surface area contributed by atoms with Crippen LogP contribution in [0.15, 0.2) is 18.2 Å². The molecule has 0 bridgehead atoms. The van der Waals surface area contributed by atoms with Crippen LogP contribution < -0.4 is 5.73 Å². The van der Waals surface area contributed by atoms with Gasteiger partial charge in [0.1, 0.15) is 5.82 Å². The SMILES string of the molecule is CCCn1c(C)nnc1-c1cc(C(F)(F)F)ccc1N. The molecule has 0 fully saturated rings. The molecule has 0 spiro atoms. The Hall–Kier alpha value is -2.05. The number of anilines is 1. The van der Waals surface area contributed by atoms with Gasteiger partial charge in [-0.3, -0.25) is 0 Å². The first-order valence-electron chi connectivity index (χ1n) is 6.21. The van der Waals surface area contributed by atoms with E-state index in [2.05, 4.69) is 10.2 Å². The van der Waals surface area contributed by atoms with Crippen molar-refractivity contribution in [3.63, 3.8) is 0 Å². The molecule has 0 atom stereocenters. The van der Waals surface area contributed by atoms with Crippen LogP contribution in [0.3, 0.4) is 0 Å². The maximum atomic E-state index is 12.8. The molecule has 0 aliphatic heterocycles. The molecule has 0 saturated carbocycles. The molecule has 2 rings (SSSR count). The Morgan fingerprint density at radius 1 is 1.25 bits per heavy atom. The van der Waals surface area contributed by atoms with E-state index in [9.17, 15) is 13.2 Å². The highest BCUT2D eigenvalue weighted by atomic mass is 19.4. The minimum atomic E-state index is -4.41. The van der Waals surface area contributed by atoms with E-state index in [1.54, 1.807) is 11.5 Å². The summed E-state index contributed by atoms with van der Waals surface area (Å²) in [6.45, 7) is 4.36. The van der Waals surface area contributed by atoms with Gasteiger partial charge in [0.2, 0.25) is 0 Å². The van der Waals surface area contributed by atoms with Crippen molar-refractivity contribution in [2.75, 3.05) is 5.73 Å². The highest BCUT2D eigenvalue weighted by Crippen LogP contribution is 2.34. The summed E-state index contributed by atoms with van der Waals surface area (Å²) in [5.74, 6) is 1.02. The largest absolute Gasteiger partial charge is 0.416 e. The topological polar surface area (TPSA) is 56.7 Å². The van der Waals surface area contributed by atoms with Crippen LogP contribution in [0, 0.1) is 6.92 Å². The Bertz CT molecular complexity index is 617. The van der Waals surface area contributed by atoms with Crippen molar-refractivity contribution in [1.82, 2.24) is 14.8 Å². The monoisotopic (exact) mass is 284 g/mol. The zero-order chi connectivity index (χ0) is 14.9. The molecule has 1 aromatic heterocycles. The zero-order valence-corrected chi connectivity index (χ0v) is 11.2. The smallest absolute Gasteiger partial charge is 0.398 e. The number of hydrogen-bond donors (Lipinski definition) is 1. The lowest BCUT2D eigenvalue weighted by molar-refractivity contribution is -0.137. The fraction of sp³-hybridized carbons (Fsp3) is 0.385. The van der Waals surface area contributed by atoms with E-state index in [1.165, 1.54) is 6.07 Å². The fourth-order valence-electron chi connectivity index (χ4n) is 2.00. The van der Waals surface area contributed by atoms with Gasteiger partial charge >= 0.3 is 6.18 Å². The lowest BCUT2D eigenvalue weighted by atomic mass is 10.1. The van der Waals surface area contributed by atoms with Crippen LogP contribution in [0.1, 0.15) is 24.7 Å². The molecule has 0 unspecified atom stereocenters. The van der Waals surface area contributed by atoms with Crippen LogP contribution in [0.5, 0.6) is 0 Å². The molecule has 2 aromatic rings. The standard InChI is InChI=1S/C13H15F3N4/c1-3-6-20-8(2)18-19-12(20)10-7-9(13(14,15)16)4-5-11(10)17/h4-5,7H,3,6,17H2,1-2H3. The van der Waals surface area contributed by atoms with Crippen LogP contribution in [-0.4, -0.2) is 14.8 Å². The van der Waals surface area contributed by atoms with Crippen LogP contribution in [0.4, 0.5) is 18.9 Å². The number of nitrogen functional groups attached to an aromatic ring is 1. The van der Waals surface area contributed by atoms with E-state index in [4.69, 9.17) is 5.73 Å². The summed E-state index contributed by atoms with van der Waals surface area (Å²) in [5.41, 5.74) is 5.56. The van der Waals surface area contributed by atoms with E-state index in [0.717, 1.165) is 18.6 Å². The van der Waals surface area contributed by atoms with E-state index < -0.39 is 11.7 Å². The molecule has 2 N–H and O–H groups in total. The Morgan fingerprint density at radius 3 is 2.55 bits per heavy atom. The number of alkyl halides is 3. The Balaban J connectivity index is 2.58. The van der Waals surface area contributed by atoms with Crippen LogP contribution in [-0.2, 0) is 12.7 Å². The van der Waals surface area contributed by atoms with Gasteiger partial charge in [-0.15, -0.1) is 10.2 Å². The van der Waals surface area contributed by atoms with E-state index in [1.807, 2.05) is 6.92 Å². The molecule has 0 aliphatic carbocycles. The molecule has 0 radical (unpaired) electrons. The average molecular weight is 284 g/mol. The predicted molar refractivity (Wildman–Crippen MR) is 69.9 cm³/mol. The van der Waals surface area contributed by atoms with Crippen LogP contribution in [0.2, 0.25) is 0 Å². The third kappa shape index (κ3) is 2.61. The lowest BCUT2D eigenvalue weighted by Crippen LogP contribution is -2.08. The maximum Gasteiger partial charge on any atom is 0.416 e. The van der Waals surface area contributed by atoms with Crippen LogP contribution >= 0.6 is 0 Å². The normalized spacial score (nSPS) is 11.8. The molecular weight excluding hydrogens is 269 g/mol. The van der Waals surface area contributed by atoms with Gasteiger partial charge in [0.15, 0.2) is 5.82 Å². The number of hydrogen-bond acceptors (Lipinski definition) is 3. The van der Waals surface area contributed by atoms with Gasteiger partial charge in [-0.05, 0) is 31.5 Å². The van der Waals surface area contributed by atoms with Crippen molar-refractivity contribution in [3.05, 3.63) is 29.6 Å². The highest BCUT2D eigenvalue weighted by Gasteiger charge is 2.31. The Kier molecular flexibility index (Phi) is 3.69. The van der Waals surface area contributed by atoms with Gasteiger partial charge < -0.3 is 10.3 Å². The second-order valence-electron chi connectivity index (χ2n) is 4.52. The first kappa shape index (κ1) is 14.4. The van der Waals surface area contributed by atoms with Crippen molar-refractivity contribution in [2.24, 2.45) is 0 Å². The number of benzene rings is 1. The third-order valence-corrected chi connectivity index (χ3v) is 3.00. The third-order valence-electron chi connectivity index (χ3n) is 3.00. The lowest BCUT2D eigenvalue weighted by Gasteiger charge is -2.12. The van der Waals surface area contributed by atoms with Gasteiger partial charge in [-0.1, -0.05) is 6.92 Å². The first-order valence-corrected chi connectivity index (χ1v) is 6.21. The molecule has 0 saturated heterocycles. The number of nitrogens with two attached hydrogens (primary N) is 1. The maximum absolute atomic E-state index is 12.8. The predicted octanol–water partition coefficient (Wildman–Crippen LogP) is 3.26. The molecule has 0 aliphatic rings. The summed E-state index contributed by atoms with van der Waals surface area (Å²) in [6, 6.07) is 3.23. The number of rotatable bonds is 3. The fourth-order valence-corrected chi connectivity index (χ4v) is 2.00. The molecule has 4 nitrogen and oxygen atoms in total. The quantitative estimate of drug-likeness (QED) is 0.880. The summed E-state index contributed by atoms with van der Waals surface area (Å²) >= 11 is 0. The summed E-state index contributed by atoms with van der Waals surface area (Å²) < 4.78 is 40.1. The van der Waals surface area contributed by atoms with Gasteiger partial charge in [0.25, 0.3) is 0 Å². The summed E-state index contributed by atoms with van der Waals surface area (Å²) in [7, 11) is 0. The minimum absolute atomic E-state index is 0.253. The van der Waals surface area contributed by atoms with Crippen molar-refractivity contribution in [3.8, 4) is 11.4 Å². The van der Waals surface area contributed by atoms with E-state index in [0.29, 0.717) is 18.2 Å². The number of aryl methyl sites for hydroxylation is 1. The summed E-state index contributed by atoms with van der Waals surface area (Å²) in [5, 5.41) is 7.87. The average Bonchev–Trinajstić information content (AvgIpc) is 2.71. The molecular formula is C13H15F3N4. The van der Waals surface area contributed by atoms with Gasteiger partial charge in [0, 0.05) is 17.8 Å². The molecule has 1 aromatic carbocycles. The van der Waals surface area contributed by atoms with Crippen molar-refractivity contribution in [1.29, 1.82) is 0 Å². The molecule has 0 amide bonds. The molecule has 20 heavy (non-hydrogen) atoms. The second kappa shape index (κ2) is 5.15. The zero-order valence-electron chi connectivity index (χ0n) is 11.2. The van der Waals surface area contributed by atoms with Gasteiger partial charge in [0.05, 0.1) is 5.56 Å². The Labute approximate surface area is 114 Å². The summed E-state index contributed by atoms with van der Waals surface area (Å²) in [6.07, 6.45) is -3.59. The van der Waals surface area contributed by atoms with Crippen molar-refractivity contribution < 1.29 is 13.2 Å². The van der Waals surface area contributed by atoms with Crippen LogP contribution in [0.25, 0.3) is 11.4 Å². The first-order chi connectivity index (χ1) is 9.34. The molecule has 7 heteroatoms. The van der Waals surface area contributed by atoms with Crippen molar-refractivity contribution in [2.45, 2.75) is 33.0 Å². The minimum Gasteiger partial charge on any atom is -0.398 e. The van der Waals surface area contributed by atoms with E-state index in [-0.39, 0.29) is 11.3 Å². The van der Waals surface area contributed by atoms with E-state index >= 15 is 0 Å².